The molecule has 0 spiro atoms. The lowest BCUT2D eigenvalue weighted by Crippen LogP contribution is -2.65. The Balaban J connectivity index is 1.67. The number of aromatic hydroxyl groups is 1. The molecule has 192 valence electrons. The normalized spacial score (nSPS) is 30.3. The molecule has 36 heavy (non-hydrogen) atoms. The number of hydrogen-bond acceptors (Lipinski definition) is 9. The Labute approximate surface area is 208 Å². The predicted octanol–water partition coefficient (Wildman–Crippen LogP) is 0.954. The highest BCUT2D eigenvalue weighted by atomic mass is 16.3. The number of aliphatic hydroxyl groups is 3. The highest BCUT2D eigenvalue weighted by molar-refractivity contribution is 6.24. The number of rotatable bonds is 3. The number of nitrogens with zero attached hydrogens (tertiary/aromatic N) is 2. The molecule has 5 rings (SSSR count). The molecule has 0 radical (unpaired) electrons. The van der Waals surface area contributed by atoms with Crippen LogP contribution in [0.15, 0.2) is 29.0 Å². The van der Waals surface area contributed by atoms with Crippen LogP contribution in [0.2, 0.25) is 0 Å². The number of Topliss-reactive ketones (excluding diaryl/α,β-unsaturated/α-hetero) is 2. The van der Waals surface area contributed by atoms with Gasteiger partial charge in [0, 0.05) is 24.6 Å². The van der Waals surface area contributed by atoms with Crippen LogP contribution in [0.3, 0.4) is 0 Å². The van der Waals surface area contributed by atoms with Gasteiger partial charge in [0.1, 0.15) is 22.8 Å². The molecule has 10 heteroatoms. The van der Waals surface area contributed by atoms with Gasteiger partial charge < -0.3 is 31.1 Å². The van der Waals surface area contributed by atoms with Gasteiger partial charge in [-0.25, -0.2) is 0 Å². The van der Waals surface area contributed by atoms with Gasteiger partial charge in [0.15, 0.2) is 11.4 Å². The van der Waals surface area contributed by atoms with Gasteiger partial charge in [-0.3, -0.25) is 19.3 Å². The van der Waals surface area contributed by atoms with Crippen LogP contribution in [0.1, 0.15) is 36.8 Å². The third-order valence-electron chi connectivity index (χ3n) is 8.27. The number of hydrogen-bond donors (Lipinski definition) is 5. The number of phenolic OH excluding ortho intramolecular Hbond substituents is 1. The Morgan fingerprint density at radius 2 is 1.78 bits per heavy atom. The number of carbonyl (C=O) groups excluding carboxylic acids is 3. The van der Waals surface area contributed by atoms with Crippen molar-refractivity contribution in [2.24, 2.45) is 17.6 Å². The molecule has 0 unspecified atom stereocenters. The number of likely N-dealkylation sites (N-methyl/N-ethyl adjacent to an activating group) is 1. The number of carbonyl (C=O) groups is 3. The van der Waals surface area contributed by atoms with Crippen molar-refractivity contribution >= 4 is 28.9 Å². The van der Waals surface area contributed by atoms with Crippen molar-refractivity contribution in [3.63, 3.8) is 0 Å². The zero-order valence-corrected chi connectivity index (χ0v) is 20.3. The molecule has 4 aliphatic rings. The van der Waals surface area contributed by atoms with Crippen LogP contribution in [-0.4, -0.2) is 81.6 Å². The molecule has 1 aliphatic heterocycles. The topological polar surface area (TPSA) is 165 Å². The summed E-state index contributed by atoms with van der Waals surface area (Å²) in [6, 6.07) is 2.56. The quantitative estimate of drug-likeness (QED) is 0.382. The van der Waals surface area contributed by atoms with Gasteiger partial charge in [-0.15, -0.1) is 0 Å². The maximum atomic E-state index is 13.9. The summed E-state index contributed by atoms with van der Waals surface area (Å²) in [6.45, 7) is 1.53. The van der Waals surface area contributed by atoms with Crippen molar-refractivity contribution in [3.05, 3.63) is 40.2 Å². The standard InChI is InChI=1S/C26H31N3O7/c1-28(2)19-14-11-13-10-12-6-7-15(29-8-4-3-5-9-29)20(30)16(12)21(31)17(13)23(33)26(14,36)24(34)18(22(19)32)25(27)35/h6-7,13-14,19,30-31,34,36H,3-5,8-11H2,1-2H3,(H2,27,35)/t13-,14-,19+,26-/m0/s1. The van der Waals surface area contributed by atoms with Gasteiger partial charge in [0.05, 0.1) is 17.3 Å². The minimum absolute atomic E-state index is 0.0837. The Morgan fingerprint density at radius 3 is 2.39 bits per heavy atom. The van der Waals surface area contributed by atoms with E-state index in [4.69, 9.17) is 5.73 Å². The first kappa shape index (κ1) is 24.3. The molecule has 1 amide bonds. The fourth-order valence-corrected chi connectivity index (χ4v) is 6.60. The number of aliphatic hydroxyl groups excluding tert-OH is 2. The number of fused-ring (bicyclic) bond motifs is 3. The van der Waals surface area contributed by atoms with Crippen molar-refractivity contribution in [2.45, 2.75) is 43.7 Å². The van der Waals surface area contributed by atoms with Crippen molar-refractivity contribution in [1.29, 1.82) is 0 Å². The first-order chi connectivity index (χ1) is 17.0. The lowest BCUT2D eigenvalue weighted by Gasteiger charge is -2.50. The monoisotopic (exact) mass is 497 g/mol. The zero-order chi connectivity index (χ0) is 26.1. The number of primary amides is 1. The lowest BCUT2D eigenvalue weighted by atomic mass is 9.57. The van der Waals surface area contributed by atoms with Crippen LogP contribution in [0.25, 0.3) is 5.76 Å². The van der Waals surface area contributed by atoms with Gasteiger partial charge in [0.25, 0.3) is 5.91 Å². The highest BCUT2D eigenvalue weighted by Crippen LogP contribution is 2.53. The predicted molar refractivity (Wildman–Crippen MR) is 130 cm³/mol. The summed E-state index contributed by atoms with van der Waals surface area (Å²) in [5, 5.41) is 45.0. The third-order valence-corrected chi connectivity index (χ3v) is 8.27. The largest absolute Gasteiger partial charge is 0.508 e. The summed E-state index contributed by atoms with van der Waals surface area (Å²) in [5.74, 6) is -6.31. The maximum Gasteiger partial charge on any atom is 0.255 e. The molecule has 0 bridgehead atoms. The molecular weight excluding hydrogens is 466 g/mol. The van der Waals surface area contributed by atoms with Crippen molar-refractivity contribution in [1.82, 2.24) is 4.90 Å². The number of phenols is 1. The second-order valence-electron chi connectivity index (χ2n) is 10.5. The van der Waals surface area contributed by atoms with E-state index in [2.05, 4.69) is 0 Å². The van der Waals surface area contributed by atoms with Gasteiger partial charge >= 0.3 is 0 Å². The summed E-state index contributed by atoms with van der Waals surface area (Å²) in [7, 11) is 3.15. The summed E-state index contributed by atoms with van der Waals surface area (Å²) in [5.41, 5.74) is 3.13. The Hall–Kier alpha value is -3.37. The van der Waals surface area contributed by atoms with E-state index < -0.39 is 58.0 Å². The van der Waals surface area contributed by atoms with E-state index in [1.807, 2.05) is 17.0 Å². The van der Waals surface area contributed by atoms with E-state index in [1.54, 1.807) is 14.1 Å². The first-order valence-electron chi connectivity index (χ1n) is 12.2. The summed E-state index contributed by atoms with van der Waals surface area (Å²) >= 11 is 0. The lowest BCUT2D eigenvalue weighted by molar-refractivity contribution is -0.153. The van der Waals surface area contributed by atoms with Gasteiger partial charge in [0.2, 0.25) is 5.78 Å². The molecule has 2 fully saturated rings. The number of amides is 1. The minimum atomic E-state index is -2.62. The van der Waals surface area contributed by atoms with E-state index in [0.717, 1.165) is 32.4 Å². The van der Waals surface area contributed by atoms with Crippen LogP contribution >= 0.6 is 0 Å². The molecule has 1 aromatic rings. The molecule has 4 atom stereocenters. The Bertz CT molecular complexity index is 1240. The van der Waals surface area contributed by atoms with E-state index in [0.29, 0.717) is 17.7 Å². The number of nitrogens with two attached hydrogens (primary N) is 1. The molecule has 3 aliphatic carbocycles. The minimum Gasteiger partial charge on any atom is -0.508 e. The van der Waals surface area contributed by atoms with Crippen LogP contribution < -0.4 is 10.6 Å². The molecule has 6 N–H and O–H groups in total. The number of anilines is 1. The van der Waals surface area contributed by atoms with Crippen molar-refractivity contribution in [2.75, 3.05) is 32.1 Å². The number of benzene rings is 1. The Kier molecular flexibility index (Phi) is 5.64. The van der Waals surface area contributed by atoms with Gasteiger partial charge in [-0.2, -0.15) is 0 Å². The average molecular weight is 498 g/mol. The molecule has 10 nitrogen and oxygen atoms in total. The smallest absolute Gasteiger partial charge is 0.255 e. The molecule has 1 heterocycles. The summed E-state index contributed by atoms with van der Waals surface area (Å²) in [6.07, 6.45) is 3.45. The molecule has 0 aromatic heterocycles. The second kappa shape index (κ2) is 8.35. The van der Waals surface area contributed by atoms with Crippen molar-refractivity contribution < 1.29 is 34.8 Å². The SMILES string of the molecule is CN(C)[C@H]1C(=O)C(C(N)=O)=C(O)[C@@]2(O)C(=O)C3=C(O)c4c(ccc(N5CCCCC5)c4O)C[C@H]3C[C@@H]12. The van der Waals surface area contributed by atoms with Crippen molar-refractivity contribution in [3.8, 4) is 5.75 Å². The summed E-state index contributed by atoms with van der Waals surface area (Å²) in [4.78, 5) is 42.5. The Morgan fingerprint density at radius 1 is 1.11 bits per heavy atom. The highest BCUT2D eigenvalue weighted by Gasteiger charge is 2.64. The van der Waals surface area contributed by atoms with Crippen LogP contribution in [-0.2, 0) is 20.8 Å². The van der Waals surface area contributed by atoms with E-state index >= 15 is 0 Å². The zero-order valence-electron chi connectivity index (χ0n) is 20.3. The van der Waals surface area contributed by atoms with Crippen LogP contribution in [0.5, 0.6) is 5.75 Å². The molecule has 1 aromatic carbocycles. The third kappa shape index (κ3) is 3.20. The summed E-state index contributed by atoms with van der Waals surface area (Å²) < 4.78 is 0. The second-order valence-corrected chi connectivity index (χ2v) is 10.5. The molecule has 1 saturated carbocycles. The first-order valence-corrected chi connectivity index (χ1v) is 12.2. The number of piperidine rings is 1. The molecule has 1 saturated heterocycles. The van der Waals surface area contributed by atoms with Gasteiger partial charge in [-0.1, -0.05) is 6.07 Å². The fourth-order valence-electron chi connectivity index (χ4n) is 6.60. The van der Waals surface area contributed by atoms with Crippen LogP contribution in [0.4, 0.5) is 5.69 Å². The van der Waals surface area contributed by atoms with Crippen LogP contribution in [0, 0.1) is 11.8 Å². The van der Waals surface area contributed by atoms with E-state index in [1.165, 1.54) is 4.90 Å². The maximum absolute atomic E-state index is 13.9. The fraction of sp³-hybridized carbons (Fsp3) is 0.500. The van der Waals surface area contributed by atoms with Gasteiger partial charge in [-0.05, 0) is 63.7 Å². The van der Waals surface area contributed by atoms with E-state index in [9.17, 15) is 34.8 Å². The molecular formula is C26H31N3O7. The number of ketones is 2. The van der Waals surface area contributed by atoms with E-state index in [-0.39, 0.29) is 23.3 Å². The average Bonchev–Trinajstić information content (AvgIpc) is 2.81.